The van der Waals surface area contributed by atoms with Crippen molar-refractivity contribution in [3.8, 4) is 11.5 Å². The first-order chi connectivity index (χ1) is 12.7. The van der Waals surface area contributed by atoms with E-state index >= 15 is 0 Å². The summed E-state index contributed by atoms with van der Waals surface area (Å²) in [6.45, 7) is 5.28. The number of anilines is 4. The van der Waals surface area contributed by atoms with Crippen LogP contribution in [0, 0.1) is 13.8 Å². The first-order valence-corrected chi connectivity index (χ1v) is 8.38. The van der Waals surface area contributed by atoms with Crippen molar-refractivity contribution in [3.05, 3.63) is 53.7 Å². The second-order valence-corrected chi connectivity index (χ2v) is 6.07. The Morgan fingerprint density at radius 2 is 1.62 bits per heavy atom. The molecule has 2 aromatic carbocycles. The van der Waals surface area contributed by atoms with Crippen molar-refractivity contribution in [2.75, 3.05) is 23.8 Å². The van der Waals surface area contributed by atoms with Gasteiger partial charge in [-0.1, -0.05) is 6.07 Å². The largest absolute Gasteiger partial charge is 0.486 e. The predicted molar refractivity (Wildman–Crippen MR) is 99.7 cm³/mol. The number of benzene rings is 2. The van der Waals surface area contributed by atoms with Crippen LogP contribution in [0.25, 0.3) is 0 Å². The van der Waals surface area contributed by atoms with Crippen LogP contribution in [0.15, 0.2) is 42.6 Å². The minimum atomic E-state index is 0.399. The molecule has 0 fully saturated rings. The van der Waals surface area contributed by atoms with Crippen LogP contribution in [-0.2, 0) is 0 Å². The summed E-state index contributed by atoms with van der Waals surface area (Å²) in [7, 11) is 0. The van der Waals surface area contributed by atoms with E-state index in [-0.39, 0.29) is 0 Å². The second kappa shape index (κ2) is 6.87. The highest BCUT2D eigenvalue weighted by Crippen LogP contribution is 2.33. The molecule has 1 aliphatic rings. The molecule has 0 amide bonds. The average Bonchev–Trinajstić information content (AvgIpc) is 2.65. The Morgan fingerprint density at radius 1 is 0.846 bits per heavy atom. The number of hydrogen-bond donors (Lipinski definition) is 2. The molecule has 0 bridgehead atoms. The summed E-state index contributed by atoms with van der Waals surface area (Å²) in [5, 5.41) is 14.4. The SMILES string of the molecule is Cc1ccc(Nc2cnnc(Nc3ccc4c(c3)OCCO4)n2)cc1C. The highest BCUT2D eigenvalue weighted by atomic mass is 16.6. The molecule has 0 unspecified atom stereocenters. The number of rotatable bonds is 4. The van der Waals surface area contributed by atoms with Gasteiger partial charge in [0, 0.05) is 17.4 Å². The number of ether oxygens (including phenoxy) is 2. The van der Waals surface area contributed by atoms with Gasteiger partial charge in [-0.3, -0.25) is 0 Å². The molecular formula is C19H19N5O2. The molecule has 26 heavy (non-hydrogen) atoms. The van der Waals surface area contributed by atoms with Gasteiger partial charge in [-0.15, -0.1) is 5.10 Å². The van der Waals surface area contributed by atoms with Crippen LogP contribution in [-0.4, -0.2) is 28.4 Å². The highest BCUT2D eigenvalue weighted by Gasteiger charge is 2.12. The van der Waals surface area contributed by atoms with E-state index in [1.165, 1.54) is 11.1 Å². The summed E-state index contributed by atoms with van der Waals surface area (Å²) in [5.74, 6) is 2.46. The minimum absolute atomic E-state index is 0.399. The fourth-order valence-corrected chi connectivity index (χ4v) is 2.63. The lowest BCUT2D eigenvalue weighted by Crippen LogP contribution is -2.15. The van der Waals surface area contributed by atoms with Gasteiger partial charge in [0.25, 0.3) is 0 Å². The summed E-state index contributed by atoms with van der Waals surface area (Å²) in [4.78, 5) is 4.46. The molecule has 0 atom stereocenters. The molecule has 2 heterocycles. The highest BCUT2D eigenvalue weighted by molar-refractivity contribution is 5.62. The fourth-order valence-electron chi connectivity index (χ4n) is 2.63. The molecule has 132 valence electrons. The molecular weight excluding hydrogens is 330 g/mol. The van der Waals surface area contributed by atoms with Gasteiger partial charge in [-0.2, -0.15) is 10.1 Å². The lowest BCUT2D eigenvalue weighted by Gasteiger charge is -2.19. The summed E-state index contributed by atoms with van der Waals surface area (Å²) in [6.07, 6.45) is 1.59. The normalized spacial score (nSPS) is 12.5. The summed E-state index contributed by atoms with van der Waals surface area (Å²) in [5.41, 5.74) is 4.22. The number of nitrogens with one attached hydrogen (secondary N) is 2. The van der Waals surface area contributed by atoms with Gasteiger partial charge in [0.2, 0.25) is 5.95 Å². The van der Waals surface area contributed by atoms with E-state index in [0.717, 1.165) is 17.1 Å². The van der Waals surface area contributed by atoms with Crippen LogP contribution >= 0.6 is 0 Å². The average molecular weight is 349 g/mol. The van der Waals surface area contributed by atoms with Gasteiger partial charge >= 0.3 is 0 Å². The Hall–Kier alpha value is -3.35. The lowest BCUT2D eigenvalue weighted by atomic mass is 10.1. The second-order valence-electron chi connectivity index (χ2n) is 6.07. The zero-order valence-corrected chi connectivity index (χ0v) is 14.6. The summed E-state index contributed by atoms with van der Waals surface area (Å²) in [6, 6.07) is 11.8. The zero-order valence-electron chi connectivity index (χ0n) is 14.6. The first kappa shape index (κ1) is 16.1. The molecule has 7 nitrogen and oxygen atoms in total. The Balaban J connectivity index is 1.51. The van der Waals surface area contributed by atoms with Crippen molar-refractivity contribution in [2.24, 2.45) is 0 Å². The number of fused-ring (bicyclic) bond motifs is 1. The van der Waals surface area contributed by atoms with Gasteiger partial charge in [0.15, 0.2) is 17.3 Å². The maximum Gasteiger partial charge on any atom is 0.249 e. The van der Waals surface area contributed by atoms with Gasteiger partial charge in [0.05, 0.1) is 6.20 Å². The maximum atomic E-state index is 5.59. The number of aromatic nitrogens is 3. The quantitative estimate of drug-likeness (QED) is 0.742. The van der Waals surface area contributed by atoms with Crippen molar-refractivity contribution in [2.45, 2.75) is 13.8 Å². The standard InChI is InChI=1S/C19H19N5O2/c1-12-3-4-14(9-13(12)2)21-18-11-20-24-19(23-18)22-15-5-6-16-17(10-15)26-8-7-25-16/h3-6,9-11H,7-8H2,1-2H3,(H2,21,22,23,24). The topological polar surface area (TPSA) is 81.2 Å². The third-order valence-electron chi connectivity index (χ3n) is 4.14. The lowest BCUT2D eigenvalue weighted by molar-refractivity contribution is 0.171. The monoisotopic (exact) mass is 349 g/mol. The maximum absolute atomic E-state index is 5.59. The van der Waals surface area contributed by atoms with Crippen molar-refractivity contribution in [1.82, 2.24) is 15.2 Å². The Bertz CT molecular complexity index is 945. The molecule has 1 aromatic heterocycles. The first-order valence-electron chi connectivity index (χ1n) is 8.38. The van der Waals surface area contributed by atoms with E-state index in [9.17, 15) is 0 Å². The van der Waals surface area contributed by atoms with Crippen LogP contribution < -0.4 is 20.1 Å². The van der Waals surface area contributed by atoms with E-state index < -0.39 is 0 Å². The van der Waals surface area contributed by atoms with Crippen LogP contribution in [0.2, 0.25) is 0 Å². The fraction of sp³-hybridized carbons (Fsp3) is 0.211. The van der Waals surface area contributed by atoms with Gasteiger partial charge in [-0.25, -0.2) is 0 Å². The van der Waals surface area contributed by atoms with Crippen LogP contribution in [0.1, 0.15) is 11.1 Å². The van der Waals surface area contributed by atoms with Gasteiger partial charge in [-0.05, 0) is 49.2 Å². The van der Waals surface area contributed by atoms with E-state index in [1.54, 1.807) is 6.20 Å². The molecule has 0 aliphatic carbocycles. The number of hydrogen-bond acceptors (Lipinski definition) is 7. The van der Waals surface area contributed by atoms with Gasteiger partial charge in [0.1, 0.15) is 13.2 Å². The van der Waals surface area contributed by atoms with E-state index in [4.69, 9.17) is 9.47 Å². The molecule has 0 saturated heterocycles. The molecule has 7 heteroatoms. The molecule has 0 spiro atoms. The van der Waals surface area contributed by atoms with Gasteiger partial charge < -0.3 is 20.1 Å². The molecule has 0 saturated carbocycles. The Morgan fingerprint density at radius 3 is 2.46 bits per heavy atom. The van der Waals surface area contributed by atoms with Crippen molar-refractivity contribution < 1.29 is 9.47 Å². The Kier molecular flexibility index (Phi) is 4.27. The van der Waals surface area contributed by atoms with E-state index in [0.29, 0.717) is 30.7 Å². The third kappa shape index (κ3) is 3.51. The van der Waals surface area contributed by atoms with E-state index in [1.807, 2.05) is 24.3 Å². The van der Waals surface area contributed by atoms with Crippen molar-refractivity contribution >= 4 is 23.1 Å². The molecule has 1 aliphatic heterocycles. The molecule has 2 N–H and O–H groups in total. The number of nitrogens with zero attached hydrogens (tertiary/aromatic N) is 3. The smallest absolute Gasteiger partial charge is 0.249 e. The molecule has 4 rings (SSSR count). The van der Waals surface area contributed by atoms with E-state index in [2.05, 4.69) is 51.8 Å². The summed E-state index contributed by atoms with van der Waals surface area (Å²) >= 11 is 0. The molecule has 3 aromatic rings. The van der Waals surface area contributed by atoms with Crippen molar-refractivity contribution in [3.63, 3.8) is 0 Å². The zero-order chi connectivity index (χ0) is 17.9. The van der Waals surface area contributed by atoms with Crippen LogP contribution in [0.4, 0.5) is 23.1 Å². The van der Waals surface area contributed by atoms with Crippen LogP contribution in [0.3, 0.4) is 0 Å². The Labute approximate surface area is 151 Å². The van der Waals surface area contributed by atoms with Crippen LogP contribution in [0.5, 0.6) is 11.5 Å². The summed E-state index contributed by atoms with van der Waals surface area (Å²) < 4.78 is 11.1. The third-order valence-corrected chi connectivity index (χ3v) is 4.14. The van der Waals surface area contributed by atoms with Crippen molar-refractivity contribution in [1.29, 1.82) is 0 Å². The number of aryl methyl sites for hydroxylation is 2. The molecule has 0 radical (unpaired) electrons. The minimum Gasteiger partial charge on any atom is -0.486 e. The predicted octanol–water partition coefficient (Wildman–Crippen LogP) is 3.75.